The highest BCUT2D eigenvalue weighted by molar-refractivity contribution is 6.04. The summed E-state index contributed by atoms with van der Waals surface area (Å²) in [5, 5.41) is 39.0. The lowest BCUT2D eigenvalue weighted by atomic mass is 9.63. The van der Waals surface area contributed by atoms with Gasteiger partial charge in [0, 0.05) is 12.0 Å². The number of carbonyl (C=O) groups excluding carboxylic acids is 1. The molecule has 0 aromatic heterocycles. The SMILES string of the molecule is C=C1CC[C@H](O)C(C)(C)[C@@H]1C/C=C(/CC(=O)c1cc(O)ccc1O)C(=O)O. The number of carboxylic acid groups (broad SMARTS) is 1. The third kappa shape index (κ3) is 4.57. The third-order valence-corrected chi connectivity index (χ3v) is 5.49. The Hall–Kier alpha value is -2.60. The molecular weight excluding hydrogens is 348 g/mol. The van der Waals surface area contributed by atoms with Crippen LogP contribution in [-0.2, 0) is 4.79 Å². The lowest BCUT2D eigenvalue weighted by Crippen LogP contribution is -2.41. The highest BCUT2D eigenvalue weighted by Crippen LogP contribution is 2.45. The Morgan fingerprint density at radius 1 is 1.30 bits per heavy atom. The van der Waals surface area contributed by atoms with Gasteiger partial charge >= 0.3 is 5.97 Å². The first kappa shape index (κ1) is 20.7. The third-order valence-electron chi connectivity index (χ3n) is 5.49. The molecule has 1 saturated carbocycles. The van der Waals surface area contributed by atoms with E-state index >= 15 is 0 Å². The second kappa shape index (κ2) is 7.96. The minimum absolute atomic E-state index is 0.0913. The van der Waals surface area contributed by atoms with Crippen LogP contribution in [0.2, 0.25) is 0 Å². The summed E-state index contributed by atoms with van der Waals surface area (Å²) in [5.74, 6) is -2.42. The van der Waals surface area contributed by atoms with E-state index in [2.05, 4.69) is 6.58 Å². The summed E-state index contributed by atoms with van der Waals surface area (Å²) < 4.78 is 0. The standard InChI is InChI=1S/C21H26O6/c1-12-4-9-19(25)21(2,3)16(12)7-5-13(20(26)27)10-18(24)15-11-14(22)6-8-17(15)23/h5-6,8,11,16,19,22-23,25H,1,4,7,9-10H2,2-3H3,(H,26,27)/b13-5-/t16-,19+/m1/s1. The van der Waals surface area contributed by atoms with Gasteiger partial charge in [-0.05, 0) is 48.8 Å². The van der Waals surface area contributed by atoms with Crippen molar-refractivity contribution in [3.8, 4) is 11.5 Å². The van der Waals surface area contributed by atoms with Crippen molar-refractivity contribution in [2.75, 3.05) is 0 Å². The summed E-state index contributed by atoms with van der Waals surface area (Å²) >= 11 is 0. The lowest BCUT2D eigenvalue weighted by Gasteiger charge is -2.43. The van der Waals surface area contributed by atoms with Crippen LogP contribution in [0.5, 0.6) is 11.5 Å². The van der Waals surface area contributed by atoms with Crippen molar-refractivity contribution in [3.05, 3.63) is 47.6 Å². The fourth-order valence-corrected chi connectivity index (χ4v) is 3.61. The largest absolute Gasteiger partial charge is 0.508 e. The molecule has 1 aromatic rings. The number of hydrogen-bond acceptors (Lipinski definition) is 5. The lowest BCUT2D eigenvalue weighted by molar-refractivity contribution is -0.132. The number of aliphatic hydroxyl groups is 1. The molecule has 1 aliphatic rings. The van der Waals surface area contributed by atoms with Gasteiger partial charge in [-0.2, -0.15) is 0 Å². The summed E-state index contributed by atoms with van der Waals surface area (Å²) in [7, 11) is 0. The monoisotopic (exact) mass is 374 g/mol. The molecule has 27 heavy (non-hydrogen) atoms. The minimum Gasteiger partial charge on any atom is -0.508 e. The molecule has 0 spiro atoms. The molecule has 2 atom stereocenters. The van der Waals surface area contributed by atoms with Gasteiger partial charge in [0.2, 0.25) is 0 Å². The van der Waals surface area contributed by atoms with Crippen LogP contribution in [0.25, 0.3) is 0 Å². The summed E-state index contributed by atoms with van der Waals surface area (Å²) in [6, 6.07) is 3.53. The van der Waals surface area contributed by atoms with Gasteiger partial charge < -0.3 is 20.4 Å². The van der Waals surface area contributed by atoms with Crippen LogP contribution in [0.4, 0.5) is 0 Å². The van der Waals surface area contributed by atoms with Crippen LogP contribution in [0.1, 0.15) is 49.9 Å². The Labute approximate surface area is 158 Å². The van der Waals surface area contributed by atoms with E-state index in [1.165, 1.54) is 18.2 Å². The molecule has 0 radical (unpaired) electrons. The maximum absolute atomic E-state index is 12.4. The molecule has 0 bridgehead atoms. The van der Waals surface area contributed by atoms with E-state index in [4.69, 9.17) is 0 Å². The number of ketones is 1. The zero-order chi connectivity index (χ0) is 20.4. The van der Waals surface area contributed by atoms with E-state index < -0.39 is 29.7 Å². The van der Waals surface area contributed by atoms with Crippen LogP contribution in [0, 0.1) is 11.3 Å². The second-order valence-electron chi connectivity index (χ2n) is 7.66. The van der Waals surface area contributed by atoms with Gasteiger partial charge in [0.05, 0.1) is 11.7 Å². The molecule has 2 rings (SSSR count). The molecule has 146 valence electrons. The van der Waals surface area contributed by atoms with Crippen molar-refractivity contribution < 1.29 is 30.0 Å². The second-order valence-corrected chi connectivity index (χ2v) is 7.66. The fourth-order valence-electron chi connectivity index (χ4n) is 3.61. The maximum Gasteiger partial charge on any atom is 0.331 e. The maximum atomic E-state index is 12.4. The normalized spacial score (nSPS) is 22.5. The summed E-state index contributed by atoms with van der Waals surface area (Å²) in [4.78, 5) is 24.0. The molecule has 0 unspecified atom stereocenters. The zero-order valence-electron chi connectivity index (χ0n) is 15.6. The Kier molecular flexibility index (Phi) is 6.11. The van der Waals surface area contributed by atoms with Crippen molar-refractivity contribution in [1.82, 2.24) is 0 Å². The number of aliphatic hydroxyl groups excluding tert-OH is 1. The number of hydrogen-bond donors (Lipinski definition) is 4. The van der Waals surface area contributed by atoms with Crippen LogP contribution in [0.3, 0.4) is 0 Å². The fraction of sp³-hybridized carbons (Fsp3) is 0.429. The number of allylic oxidation sites excluding steroid dienone is 2. The smallest absolute Gasteiger partial charge is 0.331 e. The highest BCUT2D eigenvalue weighted by Gasteiger charge is 2.40. The van der Waals surface area contributed by atoms with E-state index in [1.807, 2.05) is 13.8 Å². The van der Waals surface area contributed by atoms with E-state index in [-0.39, 0.29) is 28.6 Å². The number of benzene rings is 1. The molecule has 0 heterocycles. The molecular formula is C21H26O6. The van der Waals surface area contributed by atoms with Gasteiger partial charge in [0.15, 0.2) is 5.78 Å². The molecule has 1 aliphatic carbocycles. The predicted molar refractivity (Wildman–Crippen MR) is 101 cm³/mol. The van der Waals surface area contributed by atoms with Crippen LogP contribution >= 0.6 is 0 Å². The van der Waals surface area contributed by atoms with Crippen molar-refractivity contribution >= 4 is 11.8 Å². The number of phenols is 2. The van der Waals surface area contributed by atoms with Gasteiger partial charge in [-0.15, -0.1) is 0 Å². The topological polar surface area (TPSA) is 115 Å². The Bertz CT molecular complexity index is 790. The van der Waals surface area contributed by atoms with E-state index in [9.17, 15) is 30.0 Å². The molecule has 4 N–H and O–H groups in total. The average Bonchev–Trinajstić information content (AvgIpc) is 2.59. The van der Waals surface area contributed by atoms with E-state index in [0.717, 1.165) is 11.6 Å². The number of carbonyl (C=O) groups is 2. The van der Waals surface area contributed by atoms with Crippen LogP contribution in [-0.4, -0.2) is 38.3 Å². The quantitative estimate of drug-likeness (QED) is 0.262. The van der Waals surface area contributed by atoms with Crippen LogP contribution < -0.4 is 0 Å². The Balaban J connectivity index is 2.22. The summed E-state index contributed by atoms with van der Waals surface area (Å²) in [6.07, 6.45) is 2.25. The van der Waals surface area contributed by atoms with Crippen molar-refractivity contribution in [2.45, 2.75) is 45.6 Å². The number of carboxylic acids is 1. The Morgan fingerprint density at radius 3 is 2.59 bits per heavy atom. The molecule has 6 heteroatoms. The van der Waals surface area contributed by atoms with Crippen molar-refractivity contribution in [1.29, 1.82) is 0 Å². The first-order chi connectivity index (χ1) is 12.5. The van der Waals surface area contributed by atoms with Crippen molar-refractivity contribution in [2.24, 2.45) is 11.3 Å². The van der Waals surface area contributed by atoms with Crippen molar-refractivity contribution in [3.63, 3.8) is 0 Å². The first-order valence-corrected chi connectivity index (χ1v) is 8.87. The molecule has 1 aromatic carbocycles. The van der Waals surface area contributed by atoms with E-state index in [1.54, 1.807) is 0 Å². The van der Waals surface area contributed by atoms with Gasteiger partial charge in [-0.1, -0.05) is 32.1 Å². The molecule has 1 fully saturated rings. The van der Waals surface area contributed by atoms with Gasteiger partial charge in [-0.3, -0.25) is 4.79 Å². The minimum atomic E-state index is -1.22. The highest BCUT2D eigenvalue weighted by atomic mass is 16.4. The van der Waals surface area contributed by atoms with Gasteiger partial charge in [-0.25, -0.2) is 4.79 Å². The zero-order valence-corrected chi connectivity index (χ0v) is 15.6. The molecule has 0 saturated heterocycles. The Morgan fingerprint density at radius 2 is 1.96 bits per heavy atom. The predicted octanol–water partition coefficient (Wildman–Crippen LogP) is 3.43. The average molecular weight is 374 g/mol. The number of aliphatic carboxylic acids is 1. The van der Waals surface area contributed by atoms with Gasteiger partial charge in [0.25, 0.3) is 0 Å². The summed E-state index contributed by atoms with van der Waals surface area (Å²) in [6.45, 7) is 7.92. The van der Waals surface area contributed by atoms with E-state index in [0.29, 0.717) is 19.3 Å². The molecule has 0 amide bonds. The summed E-state index contributed by atoms with van der Waals surface area (Å²) in [5.41, 5.74) is 0.303. The number of aromatic hydroxyl groups is 2. The number of phenolic OH excluding ortho intramolecular Hbond substituents is 2. The van der Waals surface area contributed by atoms with Crippen LogP contribution in [0.15, 0.2) is 42.0 Å². The number of rotatable bonds is 6. The molecule has 6 nitrogen and oxygen atoms in total. The first-order valence-electron chi connectivity index (χ1n) is 8.87. The number of Topliss-reactive ketones (excluding diaryl/α,β-unsaturated/α-hetero) is 1. The molecule has 0 aliphatic heterocycles. The van der Waals surface area contributed by atoms with Gasteiger partial charge in [0.1, 0.15) is 11.5 Å².